The number of halogens is 2. The molecule has 0 atom stereocenters. The van der Waals surface area contributed by atoms with Gasteiger partial charge in [-0.2, -0.15) is 0 Å². The maximum Gasteiger partial charge on any atom is 0.230 e. The fourth-order valence-electron chi connectivity index (χ4n) is 10.1. The van der Waals surface area contributed by atoms with Gasteiger partial charge in [-0.3, -0.25) is 29.5 Å². The molecule has 296 valence electrons. The molecule has 4 fully saturated rings. The molecule has 0 saturated heterocycles. The number of rotatable bonds is 8. The zero-order valence-electron chi connectivity index (χ0n) is 32.5. The molecule has 0 spiro atoms. The van der Waals surface area contributed by atoms with Crippen LogP contribution in [0.15, 0.2) is 110 Å². The van der Waals surface area contributed by atoms with E-state index in [1.165, 1.54) is 21.9 Å². The van der Waals surface area contributed by atoms with Crippen LogP contribution in [0, 0.1) is 22.7 Å². The number of carbonyl (C=O) groups is 2. The van der Waals surface area contributed by atoms with E-state index in [1.54, 1.807) is 12.4 Å². The maximum atomic E-state index is 13.0. The number of pyridine rings is 4. The van der Waals surface area contributed by atoms with Crippen LogP contribution in [0.5, 0.6) is 0 Å². The van der Waals surface area contributed by atoms with E-state index in [1.807, 2.05) is 85.5 Å². The Morgan fingerprint density at radius 2 is 0.879 bits per heavy atom. The van der Waals surface area contributed by atoms with Crippen molar-refractivity contribution in [1.82, 2.24) is 19.9 Å². The molecule has 4 aliphatic rings. The minimum absolute atomic E-state index is 0.174. The number of fused-ring (bicyclic) bond motifs is 2. The van der Waals surface area contributed by atoms with Crippen LogP contribution in [0.3, 0.4) is 0 Å². The predicted molar refractivity (Wildman–Crippen MR) is 232 cm³/mol. The molecule has 0 bridgehead atoms. The average molecular weight is 812 g/mol. The third kappa shape index (κ3) is 7.93. The molecule has 4 aliphatic carbocycles. The topological polar surface area (TPSA) is 110 Å². The van der Waals surface area contributed by atoms with Gasteiger partial charge in [0.1, 0.15) is 0 Å². The van der Waals surface area contributed by atoms with Crippen LogP contribution in [0.2, 0.25) is 10.0 Å². The minimum Gasteiger partial charge on any atom is -0.326 e. The smallest absolute Gasteiger partial charge is 0.230 e. The van der Waals surface area contributed by atoms with Crippen LogP contribution < -0.4 is 10.6 Å². The standard InChI is InChI=1S/2C24H24ClN3O/c2*25-18-5-7-19(8-6-18)28-23(29)24(11-12-24)17-3-1-16(2-4-17)20-9-14-27-22-10-13-26-15-21(20)22/h2*5-10,13-17H,1-4,11-12H2,(H,28,29). The van der Waals surface area contributed by atoms with Crippen LogP contribution in [-0.2, 0) is 9.59 Å². The van der Waals surface area contributed by atoms with E-state index in [9.17, 15) is 9.59 Å². The average Bonchev–Trinajstić information content (AvgIpc) is 4.22. The first-order valence-corrected chi connectivity index (χ1v) is 21.6. The lowest BCUT2D eigenvalue weighted by Gasteiger charge is -2.34. The first-order valence-electron chi connectivity index (χ1n) is 20.8. The second-order valence-corrected chi connectivity index (χ2v) is 17.8. The summed E-state index contributed by atoms with van der Waals surface area (Å²) in [7, 11) is 0. The van der Waals surface area contributed by atoms with Gasteiger partial charge in [0.15, 0.2) is 0 Å². The summed E-state index contributed by atoms with van der Waals surface area (Å²) in [6.07, 6.45) is 24.2. The number of nitrogens with one attached hydrogen (secondary N) is 2. The summed E-state index contributed by atoms with van der Waals surface area (Å²) in [5.41, 5.74) is 6.05. The second kappa shape index (κ2) is 16.4. The van der Waals surface area contributed by atoms with Gasteiger partial charge in [0, 0.05) is 69.4 Å². The Morgan fingerprint density at radius 3 is 1.24 bits per heavy atom. The number of hydrogen-bond donors (Lipinski definition) is 2. The van der Waals surface area contributed by atoms with Gasteiger partial charge in [-0.25, -0.2) is 0 Å². The molecule has 4 aromatic heterocycles. The zero-order valence-corrected chi connectivity index (χ0v) is 34.1. The zero-order chi connectivity index (χ0) is 39.7. The van der Waals surface area contributed by atoms with E-state index in [4.69, 9.17) is 23.2 Å². The highest BCUT2D eigenvalue weighted by Gasteiger charge is 2.56. The van der Waals surface area contributed by atoms with Crippen LogP contribution >= 0.6 is 23.2 Å². The molecule has 2 aromatic carbocycles. The van der Waals surface area contributed by atoms with Crippen LogP contribution in [0.25, 0.3) is 21.8 Å². The number of nitrogens with zero attached hydrogens (tertiary/aromatic N) is 4. The summed E-state index contributed by atoms with van der Waals surface area (Å²) in [6.45, 7) is 0. The number of benzene rings is 2. The van der Waals surface area contributed by atoms with Crippen molar-refractivity contribution in [2.75, 3.05) is 10.6 Å². The Balaban J connectivity index is 0.000000150. The van der Waals surface area contributed by atoms with Gasteiger partial charge >= 0.3 is 0 Å². The first-order chi connectivity index (χ1) is 28.3. The Labute approximate surface area is 349 Å². The molecule has 4 heterocycles. The van der Waals surface area contributed by atoms with Crippen molar-refractivity contribution >= 4 is 68.2 Å². The first kappa shape index (κ1) is 38.6. The largest absolute Gasteiger partial charge is 0.326 e. The summed E-state index contributed by atoms with van der Waals surface area (Å²) in [4.78, 5) is 43.6. The molecule has 2 amide bonds. The normalized spacial score (nSPS) is 22.9. The second-order valence-electron chi connectivity index (χ2n) is 16.9. The van der Waals surface area contributed by atoms with Crippen LogP contribution in [0.1, 0.15) is 100 Å². The Hall–Kier alpha value is -4.92. The molecular weight excluding hydrogens is 763 g/mol. The maximum absolute atomic E-state index is 13.0. The van der Waals surface area contributed by atoms with Crippen LogP contribution in [0.4, 0.5) is 11.4 Å². The van der Waals surface area contributed by atoms with Crippen molar-refractivity contribution in [3.8, 4) is 0 Å². The van der Waals surface area contributed by atoms with Crippen molar-refractivity contribution in [1.29, 1.82) is 0 Å². The molecule has 0 aliphatic heterocycles. The summed E-state index contributed by atoms with van der Waals surface area (Å²) in [5, 5.41) is 9.94. The monoisotopic (exact) mass is 810 g/mol. The van der Waals surface area contributed by atoms with Gasteiger partial charge < -0.3 is 10.6 Å². The van der Waals surface area contributed by atoms with Gasteiger partial charge in [0.05, 0.1) is 21.9 Å². The van der Waals surface area contributed by atoms with E-state index in [-0.39, 0.29) is 22.6 Å². The fourth-order valence-corrected chi connectivity index (χ4v) is 10.4. The highest BCUT2D eigenvalue weighted by molar-refractivity contribution is 6.31. The van der Waals surface area contributed by atoms with Gasteiger partial charge in [0.25, 0.3) is 0 Å². The summed E-state index contributed by atoms with van der Waals surface area (Å²) in [5.74, 6) is 2.35. The Kier molecular flexibility index (Phi) is 10.9. The summed E-state index contributed by atoms with van der Waals surface area (Å²) < 4.78 is 0. The van der Waals surface area contributed by atoms with E-state index in [0.29, 0.717) is 33.7 Å². The quantitative estimate of drug-likeness (QED) is 0.158. The van der Waals surface area contributed by atoms with Gasteiger partial charge in [-0.15, -0.1) is 0 Å². The van der Waals surface area contributed by atoms with Crippen LogP contribution in [-0.4, -0.2) is 31.8 Å². The minimum atomic E-state index is -0.174. The molecule has 10 heteroatoms. The lowest BCUT2D eigenvalue weighted by atomic mass is 9.71. The number of aromatic nitrogens is 4. The lowest BCUT2D eigenvalue weighted by Crippen LogP contribution is -2.33. The van der Waals surface area contributed by atoms with Crippen molar-refractivity contribution in [3.63, 3.8) is 0 Å². The number of hydrogen-bond acceptors (Lipinski definition) is 6. The highest BCUT2D eigenvalue weighted by Crippen LogP contribution is 2.59. The van der Waals surface area contributed by atoms with Crippen molar-refractivity contribution in [2.24, 2.45) is 22.7 Å². The molecular formula is C48H48Cl2N6O2. The third-order valence-corrected chi connectivity index (χ3v) is 14.2. The molecule has 2 N–H and O–H groups in total. The highest BCUT2D eigenvalue weighted by atomic mass is 35.5. The summed E-state index contributed by atoms with van der Waals surface area (Å²) in [6, 6.07) is 23.0. The van der Waals surface area contributed by atoms with Crippen molar-refractivity contribution < 1.29 is 9.59 Å². The lowest BCUT2D eigenvalue weighted by molar-refractivity contribution is -0.124. The molecule has 6 aromatic rings. The SMILES string of the molecule is O=C(Nc1ccc(Cl)cc1)C1(C2CCC(c3ccnc4ccncc34)CC2)CC1.O=C(Nc1ccc(Cl)cc1)C1(C2CCC(c3ccnc4ccncc34)CC2)CC1. The van der Waals surface area contributed by atoms with Gasteiger partial charge in [0.2, 0.25) is 11.8 Å². The Bertz CT molecular complexity index is 2240. The van der Waals surface area contributed by atoms with Crippen molar-refractivity contribution in [3.05, 3.63) is 131 Å². The molecule has 4 saturated carbocycles. The van der Waals surface area contributed by atoms with E-state index in [2.05, 4.69) is 42.7 Å². The van der Waals surface area contributed by atoms with Gasteiger partial charge in [-0.1, -0.05) is 23.2 Å². The van der Waals surface area contributed by atoms with E-state index >= 15 is 0 Å². The third-order valence-electron chi connectivity index (χ3n) is 13.7. The molecule has 58 heavy (non-hydrogen) atoms. The van der Waals surface area contributed by atoms with E-state index in [0.717, 1.165) is 99.5 Å². The Morgan fingerprint density at radius 1 is 0.500 bits per heavy atom. The number of amides is 2. The van der Waals surface area contributed by atoms with Crippen molar-refractivity contribution in [2.45, 2.75) is 88.9 Å². The fraction of sp³-hybridized carbons (Fsp3) is 0.375. The van der Waals surface area contributed by atoms with E-state index < -0.39 is 0 Å². The molecule has 8 nitrogen and oxygen atoms in total. The van der Waals surface area contributed by atoms with Gasteiger partial charge in [-0.05, 0) is 185 Å². The molecule has 0 radical (unpaired) electrons. The number of anilines is 2. The molecule has 0 unspecified atom stereocenters. The molecule has 10 rings (SSSR count). The number of carbonyl (C=O) groups excluding carboxylic acids is 2. The predicted octanol–water partition coefficient (Wildman–Crippen LogP) is 12.0. The summed E-state index contributed by atoms with van der Waals surface area (Å²) >= 11 is 11.9.